The molecule has 1 saturated carbocycles. The summed E-state index contributed by atoms with van der Waals surface area (Å²) in [6.07, 6.45) is 7.58. The molecule has 1 aliphatic carbocycles. The Morgan fingerprint density at radius 1 is 1.36 bits per heavy atom. The van der Waals surface area contributed by atoms with Gasteiger partial charge in [-0.2, -0.15) is 4.39 Å². The van der Waals surface area contributed by atoms with Crippen molar-refractivity contribution in [3.05, 3.63) is 29.8 Å². The quantitative estimate of drug-likeness (QED) is 0.804. The fourth-order valence-corrected chi connectivity index (χ4v) is 4.10. The number of halogens is 1. The van der Waals surface area contributed by atoms with Gasteiger partial charge in [0, 0.05) is 43.0 Å². The molecule has 3 fully saturated rings. The number of rotatable bonds is 3. The Morgan fingerprint density at radius 3 is 3.00 bits per heavy atom. The number of carbonyl (C=O) groups is 1. The largest absolute Gasteiger partial charge is 0.337 e. The van der Waals surface area contributed by atoms with Gasteiger partial charge in [0.1, 0.15) is 0 Å². The Labute approximate surface area is 130 Å². The molecule has 4 nitrogen and oxygen atoms in total. The monoisotopic (exact) mass is 303 g/mol. The second-order valence-electron chi connectivity index (χ2n) is 7.06. The summed E-state index contributed by atoms with van der Waals surface area (Å²) in [7, 11) is 0. The average molecular weight is 303 g/mol. The van der Waals surface area contributed by atoms with Crippen LogP contribution in [0.2, 0.25) is 0 Å². The van der Waals surface area contributed by atoms with Crippen LogP contribution in [0.1, 0.15) is 42.5 Å². The molecule has 1 amide bonds. The first-order valence-electron chi connectivity index (χ1n) is 8.32. The van der Waals surface area contributed by atoms with E-state index in [1.807, 2.05) is 4.90 Å². The number of pyridine rings is 1. The summed E-state index contributed by atoms with van der Waals surface area (Å²) in [6.45, 7) is 3.95. The number of likely N-dealkylation sites (tertiary alicyclic amines) is 2. The first-order chi connectivity index (χ1) is 10.7. The predicted octanol–water partition coefficient (Wildman–Crippen LogP) is 2.31. The minimum atomic E-state index is -0.587. The summed E-state index contributed by atoms with van der Waals surface area (Å²) >= 11 is 0. The molecule has 22 heavy (non-hydrogen) atoms. The number of carbonyl (C=O) groups excluding carboxylic acids is 1. The van der Waals surface area contributed by atoms with Gasteiger partial charge in [0.25, 0.3) is 5.91 Å². The molecule has 0 N–H and O–H groups in total. The van der Waals surface area contributed by atoms with Crippen LogP contribution in [0.4, 0.5) is 4.39 Å². The Balaban J connectivity index is 1.48. The molecule has 1 aromatic heterocycles. The van der Waals surface area contributed by atoms with E-state index in [1.165, 1.54) is 51.0 Å². The van der Waals surface area contributed by atoms with E-state index in [0.29, 0.717) is 5.56 Å². The lowest BCUT2D eigenvalue weighted by Crippen LogP contribution is -2.47. The highest BCUT2D eigenvalue weighted by Crippen LogP contribution is 2.41. The van der Waals surface area contributed by atoms with Gasteiger partial charge >= 0.3 is 0 Å². The summed E-state index contributed by atoms with van der Waals surface area (Å²) in [5.41, 5.74) is 0.598. The van der Waals surface area contributed by atoms with E-state index in [0.717, 1.165) is 25.4 Å². The topological polar surface area (TPSA) is 36.4 Å². The van der Waals surface area contributed by atoms with E-state index in [-0.39, 0.29) is 11.4 Å². The zero-order valence-corrected chi connectivity index (χ0v) is 12.8. The van der Waals surface area contributed by atoms with Crippen molar-refractivity contribution in [2.45, 2.75) is 37.6 Å². The third-order valence-electron chi connectivity index (χ3n) is 5.51. The molecular weight excluding hydrogens is 281 g/mol. The Morgan fingerprint density at radius 2 is 2.23 bits per heavy atom. The van der Waals surface area contributed by atoms with Gasteiger partial charge in [-0.15, -0.1) is 0 Å². The van der Waals surface area contributed by atoms with E-state index in [4.69, 9.17) is 0 Å². The van der Waals surface area contributed by atoms with Gasteiger partial charge in [-0.25, -0.2) is 4.98 Å². The molecule has 2 aliphatic heterocycles. The van der Waals surface area contributed by atoms with Crippen LogP contribution in [-0.2, 0) is 0 Å². The summed E-state index contributed by atoms with van der Waals surface area (Å²) in [6, 6.07) is 2.84. The molecule has 118 valence electrons. The van der Waals surface area contributed by atoms with E-state index in [2.05, 4.69) is 9.88 Å². The first-order valence-corrected chi connectivity index (χ1v) is 8.32. The number of amides is 1. The highest BCUT2D eigenvalue weighted by atomic mass is 19.1. The summed E-state index contributed by atoms with van der Waals surface area (Å²) in [5, 5.41) is 0. The van der Waals surface area contributed by atoms with Crippen molar-refractivity contribution in [1.29, 1.82) is 0 Å². The first kappa shape index (κ1) is 14.1. The Kier molecular flexibility index (Phi) is 3.40. The van der Waals surface area contributed by atoms with Crippen LogP contribution >= 0.6 is 0 Å². The minimum absolute atomic E-state index is 0.0588. The maximum Gasteiger partial charge on any atom is 0.254 e. The molecule has 2 saturated heterocycles. The molecule has 1 atom stereocenters. The molecule has 3 heterocycles. The second-order valence-corrected chi connectivity index (χ2v) is 7.06. The van der Waals surface area contributed by atoms with Crippen molar-refractivity contribution in [3.8, 4) is 0 Å². The number of aromatic nitrogens is 1. The van der Waals surface area contributed by atoms with Crippen LogP contribution in [0.15, 0.2) is 18.3 Å². The number of hydrogen-bond donors (Lipinski definition) is 0. The zero-order valence-electron chi connectivity index (χ0n) is 12.8. The van der Waals surface area contributed by atoms with Crippen molar-refractivity contribution in [3.63, 3.8) is 0 Å². The van der Waals surface area contributed by atoms with Gasteiger partial charge in [-0.05, 0) is 50.6 Å². The molecule has 0 unspecified atom stereocenters. The van der Waals surface area contributed by atoms with Gasteiger partial charge < -0.3 is 4.90 Å². The lowest BCUT2D eigenvalue weighted by molar-refractivity contribution is 0.0743. The van der Waals surface area contributed by atoms with Crippen molar-refractivity contribution in [1.82, 2.24) is 14.8 Å². The van der Waals surface area contributed by atoms with Gasteiger partial charge in [0.2, 0.25) is 5.95 Å². The SMILES string of the molecule is O=C(c1ccnc(F)c1)N1CC[C@]2(CCCN2CC2CC2)C1. The van der Waals surface area contributed by atoms with Crippen LogP contribution in [0.3, 0.4) is 0 Å². The Bertz CT molecular complexity index is 589. The summed E-state index contributed by atoms with van der Waals surface area (Å²) in [4.78, 5) is 20.7. The van der Waals surface area contributed by atoms with Crippen LogP contribution in [0, 0.1) is 11.9 Å². The number of hydrogen-bond acceptors (Lipinski definition) is 3. The van der Waals surface area contributed by atoms with E-state index < -0.39 is 5.95 Å². The smallest absolute Gasteiger partial charge is 0.254 e. The van der Waals surface area contributed by atoms with Crippen LogP contribution in [0.5, 0.6) is 0 Å². The maximum absolute atomic E-state index is 13.2. The van der Waals surface area contributed by atoms with E-state index >= 15 is 0 Å². The average Bonchev–Trinajstić information content (AvgIpc) is 3.10. The normalized spacial score (nSPS) is 28.7. The molecule has 3 aliphatic rings. The minimum Gasteiger partial charge on any atom is -0.337 e. The number of nitrogens with zero attached hydrogens (tertiary/aromatic N) is 3. The molecule has 0 aromatic carbocycles. The summed E-state index contributed by atoms with van der Waals surface area (Å²) in [5.74, 6) is 0.237. The van der Waals surface area contributed by atoms with Gasteiger partial charge in [0.15, 0.2) is 0 Å². The predicted molar refractivity (Wildman–Crippen MR) is 81.0 cm³/mol. The lowest BCUT2D eigenvalue weighted by Gasteiger charge is -2.35. The lowest BCUT2D eigenvalue weighted by atomic mass is 9.95. The van der Waals surface area contributed by atoms with Crippen LogP contribution < -0.4 is 0 Å². The van der Waals surface area contributed by atoms with Crippen LogP contribution in [-0.4, -0.2) is 52.4 Å². The molecule has 0 radical (unpaired) electrons. The highest BCUT2D eigenvalue weighted by molar-refractivity contribution is 5.94. The van der Waals surface area contributed by atoms with Crippen molar-refractivity contribution in [2.75, 3.05) is 26.2 Å². The molecular formula is C17H22FN3O. The van der Waals surface area contributed by atoms with Gasteiger partial charge in [-0.1, -0.05) is 0 Å². The molecule has 4 rings (SSSR count). The van der Waals surface area contributed by atoms with Gasteiger partial charge in [-0.3, -0.25) is 9.69 Å². The fraction of sp³-hybridized carbons (Fsp3) is 0.647. The Hall–Kier alpha value is -1.49. The second kappa shape index (κ2) is 5.30. The third-order valence-corrected chi connectivity index (χ3v) is 5.51. The van der Waals surface area contributed by atoms with Crippen molar-refractivity contribution >= 4 is 5.91 Å². The standard InChI is InChI=1S/C17H22FN3O/c18-15-10-14(4-7-19-15)16(22)20-9-6-17(12-20)5-1-8-21(17)11-13-2-3-13/h4,7,10,13H,1-3,5-6,8-9,11-12H2/t17-/m1/s1. The van der Waals surface area contributed by atoms with E-state index in [1.54, 1.807) is 6.07 Å². The molecule has 0 bridgehead atoms. The highest BCUT2D eigenvalue weighted by Gasteiger charge is 2.48. The molecule has 5 heteroatoms. The van der Waals surface area contributed by atoms with Gasteiger partial charge in [0.05, 0.1) is 0 Å². The van der Waals surface area contributed by atoms with Crippen LogP contribution in [0.25, 0.3) is 0 Å². The van der Waals surface area contributed by atoms with Crippen molar-refractivity contribution in [2.24, 2.45) is 5.92 Å². The zero-order chi connectivity index (χ0) is 15.2. The van der Waals surface area contributed by atoms with E-state index in [9.17, 15) is 9.18 Å². The summed E-state index contributed by atoms with van der Waals surface area (Å²) < 4.78 is 13.2. The maximum atomic E-state index is 13.2. The third kappa shape index (κ3) is 2.51. The molecule has 1 spiro atoms. The van der Waals surface area contributed by atoms with Crippen molar-refractivity contribution < 1.29 is 9.18 Å². The molecule has 1 aromatic rings. The fourth-order valence-electron chi connectivity index (χ4n) is 4.10.